The molecule has 0 unspecified atom stereocenters. The molecular weight excluding hydrogens is 377 g/mol. The van der Waals surface area contributed by atoms with Crippen LogP contribution in [0.3, 0.4) is 0 Å². The normalized spacial score (nSPS) is 11.1. The molecular formula is C16H12ClF3N2O4. The smallest absolute Gasteiger partial charge is 0.422 e. The zero-order valence-corrected chi connectivity index (χ0v) is 14.0. The number of nitrogens with zero attached hydrogens (tertiary/aromatic N) is 1. The number of alkyl halides is 3. The minimum atomic E-state index is -4.54. The van der Waals surface area contributed by atoms with Crippen LogP contribution in [0.15, 0.2) is 36.4 Å². The number of carbonyl (C=O) groups excluding carboxylic acids is 1. The topological polar surface area (TPSA) is 81.5 Å². The summed E-state index contributed by atoms with van der Waals surface area (Å²) in [6.45, 7) is 0.136. The molecule has 0 aliphatic heterocycles. The summed E-state index contributed by atoms with van der Waals surface area (Å²) in [6.07, 6.45) is -4.54. The van der Waals surface area contributed by atoms with Crippen molar-refractivity contribution in [3.8, 4) is 5.75 Å². The van der Waals surface area contributed by atoms with E-state index in [0.29, 0.717) is 5.56 Å². The van der Waals surface area contributed by atoms with Crippen molar-refractivity contribution in [2.24, 2.45) is 0 Å². The fourth-order valence-corrected chi connectivity index (χ4v) is 2.26. The Morgan fingerprint density at radius 3 is 2.54 bits per heavy atom. The number of halogens is 4. The maximum Gasteiger partial charge on any atom is 0.422 e. The third kappa shape index (κ3) is 5.09. The number of nitro groups is 1. The second-order valence-corrected chi connectivity index (χ2v) is 5.69. The fourth-order valence-electron chi connectivity index (χ4n) is 2.00. The maximum absolute atomic E-state index is 12.4. The summed E-state index contributed by atoms with van der Waals surface area (Å²) in [4.78, 5) is 22.3. The lowest BCUT2D eigenvalue weighted by molar-refractivity contribution is -0.384. The molecule has 1 amide bonds. The van der Waals surface area contributed by atoms with E-state index in [2.05, 4.69) is 5.32 Å². The number of carbonyl (C=O) groups is 1. The van der Waals surface area contributed by atoms with Crippen molar-refractivity contribution >= 4 is 28.9 Å². The van der Waals surface area contributed by atoms with Crippen molar-refractivity contribution in [2.75, 3.05) is 11.9 Å². The molecule has 0 bridgehead atoms. The first-order valence-corrected chi connectivity index (χ1v) is 7.50. The van der Waals surface area contributed by atoms with E-state index < -0.39 is 23.6 Å². The van der Waals surface area contributed by atoms with Crippen LogP contribution in [0.5, 0.6) is 5.75 Å². The summed E-state index contributed by atoms with van der Waals surface area (Å²) in [6, 6.07) is 7.56. The molecule has 2 aromatic rings. The van der Waals surface area contributed by atoms with Gasteiger partial charge in [0.1, 0.15) is 5.75 Å². The highest BCUT2D eigenvalue weighted by Gasteiger charge is 2.29. The lowest BCUT2D eigenvalue weighted by atomic mass is 10.1. The van der Waals surface area contributed by atoms with Crippen LogP contribution in [0.25, 0.3) is 0 Å². The molecule has 0 heterocycles. The van der Waals surface area contributed by atoms with Gasteiger partial charge in [0.2, 0.25) is 0 Å². The quantitative estimate of drug-likeness (QED) is 0.592. The van der Waals surface area contributed by atoms with Crippen LogP contribution in [-0.4, -0.2) is 23.6 Å². The molecule has 2 aromatic carbocycles. The van der Waals surface area contributed by atoms with Crippen LogP contribution in [0.1, 0.15) is 15.9 Å². The van der Waals surface area contributed by atoms with E-state index in [4.69, 9.17) is 16.3 Å². The van der Waals surface area contributed by atoms with E-state index in [0.717, 1.165) is 18.2 Å². The van der Waals surface area contributed by atoms with Crippen molar-refractivity contribution in [1.29, 1.82) is 0 Å². The van der Waals surface area contributed by atoms with Gasteiger partial charge in [0, 0.05) is 12.1 Å². The molecule has 0 saturated carbocycles. The Morgan fingerprint density at radius 1 is 1.27 bits per heavy atom. The van der Waals surface area contributed by atoms with E-state index in [1.54, 1.807) is 13.0 Å². The summed E-state index contributed by atoms with van der Waals surface area (Å²) >= 11 is 5.88. The van der Waals surface area contributed by atoms with Crippen LogP contribution in [0.2, 0.25) is 5.02 Å². The number of benzene rings is 2. The Morgan fingerprint density at radius 2 is 1.96 bits per heavy atom. The first kappa shape index (κ1) is 19.5. The molecule has 0 saturated heterocycles. The SMILES string of the molecule is Cc1ccc(NC(=O)c2ccc([N+](=O)[O-])cc2Cl)c(OCC(F)(F)F)c1. The highest BCUT2D eigenvalue weighted by molar-refractivity contribution is 6.34. The fraction of sp³-hybridized carbons (Fsp3) is 0.188. The van der Waals surface area contributed by atoms with Crippen molar-refractivity contribution in [1.82, 2.24) is 0 Å². The third-order valence-electron chi connectivity index (χ3n) is 3.18. The van der Waals surface area contributed by atoms with Crippen molar-refractivity contribution < 1.29 is 27.6 Å². The molecule has 0 aromatic heterocycles. The second kappa shape index (κ2) is 7.61. The monoisotopic (exact) mass is 388 g/mol. The summed E-state index contributed by atoms with van der Waals surface area (Å²) in [5.74, 6) is -0.903. The first-order valence-electron chi connectivity index (χ1n) is 7.12. The molecule has 138 valence electrons. The van der Waals surface area contributed by atoms with Gasteiger partial charge in [-0.15, -0.1) is 0 Å². The molecule has 26 heavy (non-hydrogen) atoms. The van der Waals surface area contributed by atoms with Crippen LogP contribution in [0, 0.1) is 17.0 Å². The summed E-state index contributed by atoms with van der Waals surface area (Å²) in [7, 11) is 0. The Kier molecular flexibility index (Phi) is 5.71. The molecule has 0 aliphatic rings. The van der Waals surface area contributed by atoms with Gasteiger partial charge in [-0.1, -0.05) is 17.7 Å². The average molecular weight is 389 g/mol. The lowest BCUT2D eigenvalue weighted by Crippen LogP contribution is -2.20. The van der Waals surface area contributed by atoms with Gasteiger partial charge < -0.3 is 10.1 Å². The van der Waals surface area contributed by atoms with Crippen LogP contribution >= 0.6 is 11.6 Å². The molecule has 0 atom stereocenters. The van der Waals surface area contributed by atoms with Crippen LogP contribution < -0.4 is 10.1 Å². The van der Waals surface area contributed by atoms with Crippen LogP contribution in [0.4, 0.5) is 24.5 Å². The van der Waals surface area contributed by atoms with E-state index in [1.165, 1.54) is 12.1 Å². The summed E-state index contributed by atoms with van der Waals surface area (Å²) < 4.78 is 41.9. The number of amides is 1. The number of aryl methyl sites for hydroxylation is 1. The van der Waals surface area contributed by atoms with E-state index in [-0.39, 0.29) is 27.7 Å². The van der Waals surface area contributed by atoms with Gasteiger partial charge in [0.25, 0.3) is 11.6 Å². The van der Waals surface area contributed by atoms with Gasteiger partial charge in [-0.25, -0.2) is 0 Å². The molecule has 1 N–H and O–H groups in total. The van der Waals surface area contributed by atoms with Gasteiger partial charge in [0.05, 0.1) is 21.2 Å². The minimum Gasteiger partial charge on any atom is -0.482 e. The first-order chi connectivity index (χ1) is 12.1. The molecule has 0 aliphatic carbocycles. The summed E-state index contributed by atoms with van der Waals surface area (Å²) in [5, 5.41) is 12.9. The highest BCUT2D eigenvalue weighted by atomic mass is 35.5. The third-order valence-corrected chi connectivity index (χ3v) is 3.50. The largest absolute Gasteiger partial charge is 0.482 e. The maximum atomic E-state index is 12.4. The molecule has 0 spiro atoms. The zero-order chi connectivity index (χ0) is 19.5. The summed E-state index contributed by atoms with van der Waals surface area (Å²) in [5.41, 5.74) is 0.281. The molecule has 0 radical (unpaired) electrons. The average Bonchev–Trinajstić information content (AvgIpc) is 2.54. The predicted octanol–water partition coefficient (Wildman–Crippen LogP) is 4.75. The number of non-ortho nitro benzene ring substituents is 1. The van der Waals surface area contributed by atoms with Gasteiger partial charge in [-0.05, 0) is 30.7 Å². The molecule has 10 heteroatoms. The van der Waals surface area contributed by atoms with Crippen molar-refractivity contribution in [2.45, 2.75) is 13.1 Å². The predicted molar refractivity (Wildman–Crippen MR) is 88.8 cm³/mol. The Bertz CT molecular complexity index is 856. The van der Waals surface area contributed by atoms with Gasteiger partial charge >= 0.3 is 6.18 Å². The molecule has 6 nitrogen and oxygen atoms in total. The number of rotatable bonds is 5. The zero-order valence-electron chi connectivity index (χ0n) is 13.3. The minimum absolute atomic E-state index is 0.0132. The molecule has 2 rings (SSSR count). The van der Waals surface area contributed by atoms with Gasteiger partial charge in [-0.3, -0.25) is 14.9 Å². The standard InChI is InChI=1S/C16H12ClF3N2O4/c1-9-2-5-13(14(6-9)26-8-16(18,19)20)21-15(23)11-4-3-10(22(24)25)7-12(11)17/h2-7H,8H2,1H3,(H,21,23). The van der Waals surface area contributed by atoms with Crippen molar-refractivity contribution in [3.05, 3.63) is 62.7 Å². The number of hydrogen-bond donors (Lipinski definition) is 1. The lowest BCUT2D eigenvalue weighted by Gasteiger charge is -2.15. The van der Waals surface area contributed by atoms with E-state index >= 15 is 0 Å². The Balaban J connectivity index is 2.25. The van der Waals surface area contributed by atoms with Gasteiger partial charge in [0.15, 0.2) is 6.61 Å². The molecule has 0 fully saturated rings. The number of hydrogen-bond acceptors (Lipinski definition) is 4. The van der Waals surface area contributed by atoms with E-state index in [1.807, 2.05) is 0 Å². The second-order valence-electron chi connectivity index (χ2n) is 5.28. The number of ether oxygens (including phenoxy) is 1. The highest BCUT2D eigenvalue weighted by Crippen LogP contribution is 2.29. The number of nitrogens with one attached hydrogen (secondary N) is 1. The Labute approximate surface area is 150 Å². The van der Waals surface area contributed by atoms with Crippen molar-refractivity contribution in [3.63, 3.8) is 0 Å². The number of anilines is 1. The van der Waals surface area contributed by atoms with Gasteiger partial charge in [-0.2, -0.15) is 13.2 Å². The number of nitro benzene ring substituents is 1. The van der Waals surface area contributed by atoms with Crippen LogP contribution in [-0.2, 0) is 0 Å². The Hall–Kier alpha value is -2.81. The van der Waals surface area contributed by atoms with E-state index in [9.17, 15) is 28.1 Å².